The van der Waals surface area contributed by atoms with Crippen molar-refractivity contribution < 1.29 is 4.74 Å². The van der Waals surface area contributed by atoms with E-state index in [0.29, 0.717) is 5.11 Å². The minimum Gasteiger partial charge on any atom is -0.495 e. The van der Waals surface area contributed by atoms with E-state index in [-0.39, 0.29) is 12.1 Å². The van der Waals surface area contributed by atoms with Crippen molar-refractivity contribution in [2.24, 2.45) is 0 Å². The lowest BCUT2D eigenvalue weighted by molar-refractivity contribution is 0.414. The molecule has 2 atom stereocenters. The number of nitrogens with zero attached hydrogens (tertiary/aromatic N) is 2. The van der Waals surface area contributed by atoms with Crippen LogP contribution in [0.2, 0.25) is 0 Å². The van der Waals surface area contributed by atoms with Crippen LogP contribution in [0.5, 0.6) is 5.75 Å². The summed E-state index contributed by atoms with van der Waals surface area (Å²) in [6, 6.07) is 16.0. The van der Waals surface area contributed by atoms with Gasteiger partial charge in [0.2, 0.25) is 0 Å². The van der Waals surface area contributed by atoms with Crippen molar-refractivity contribution in [3.8, 4) is 5.75 Å². The van der Waals surface area contributed by atoms with Crippen molar-refractivity contribution in [3.05, 3.63) is 77.4 Å². The maximum atomic E-state index is 5.76. The van der Waals surface area contributed by atoms with Crippen LogP contribution in [0.15, 0.2) is 54.7 Å². The molecule has 5 nitrogen and oxygen atoms in total. The molecule has 0 unspecified atom stereocenters. The van der Waals surface area contributed by atoms with E-state index >= 15 is 0 Å². The molecule has 138 valence electrons. The molecule has 3 aromatic rings. The summed E-state index contributed by atoms with van der Waals surface area (Å²) in [6.45, 7) is 4.17. The summed E-state index contributed by atoms with van der Waals surface area (Å²) in [4.78, 5) is 10.2. The molecule has 1 aromatic carbocycles. The Kier molecular flexibility index (Phi) is 4.58. The molecule has 2 N–H and O–H groups in total. The van der Waals surface area contributed by atoms with Crippen molar-refractivity contribution >= 4 is 23.0 Å². The van der Waals surface area contributed by atoms with Crippen molar-refractivity contribution in [2.45, 2.75) is 25.9 Å². The average molecular weight is 379 g/mol. The Hall–Kier alpha value is -2.86. The van der Waals surface area contributed by atoms with Crippen molar-refractivity contribution in [1.82, 2.24) is 15.3 Å². The standard InChI is InChI=1S/C21H22N4OS/c1-13-12-15(14(2)23-13)20-19(16-8-6-7-11-22-16)24-21(27)25(20)17-9-4-5-10-18(17)26-3/h4-12,19-20,23H,1-3H3,(H,24,27)/t19-,20+/m1/s1. The minimum absolute atomic E-state index is 0.0337. The molecule has 0 aliphatic carbocycles. The zero-order chi connectivity index (χ0) is 19.0. The second kappa shape index (κ2) is 7.04. The molecule has 0 spiro atoms. The van der Waals surface area contributed by atoms with Gasteiger partial charge in [0.05, 0.1) is 30.6 Å². The fourth-order valence-corrected chi connectivity index (χ4v) is 4.15. The fourth-order valence-electron chi connectivity index (χ4n) is 3.81. The number of anilines is 1. The summed E-state index contributed by atoms with van der Waals surface area (Å²) in [5.41, 5.74) is 5.35. The smallest absolute Gasteiger partial charge is 0.174 e. The van der Waals surface area contributed by atoms with E-state index in [1.807, 2.05) is 48.7 Å². The number of hydrogen-bond donors (Lipinski definition) is 2. The molecule has 0 bridgehead atoms. The third-order valence-corrected chi connectivity index (χ3v) is 5.27. The molecule has 1 aliphatic rings. The largest absolute Gasteiger partial charge is 0.495 e. The van der Waals surface area contributed by atoms with E-state index in [1.54, 1.807) is 7.11 Å². The Balaban J connectivity index is 1.89. The van der Waals surface area contributed by atoms with E-state index in [1.165, 1.54) is 5.56 Å². The molecule has 0 saturated carbocycles. The quantitative estimate of drug-likeness (QED) is 0.666. The molecule has 3 heterocycles. The molecule has 6 heteroatoms. The first kappa shape index (κ1) is 17.5. The zero-order valence-corrected chi connectivity index (χ0v) is 16.4. The van der Waals surface area contributed by atoms with E-state index in [9.17, 15) is 0 Å². The number of aryl methyl sites for hydroxylation is 2. The van der Waals surface area contributed by atoms with Gasteiger partial charge in [0.1, 0.15) is 5.75 Å². The predicted molar refractivity (Wildman–Crippen MR) is 111 cm³/mol. The molecule has 0 amide bonds. The van der Waals surface area contributed by atoms with Crippen LogP contribution in [0.4, 0.5) is 5.69 Å². The van der Waals surface area contributed by atoms with E-state index in [0.717, 1.165) is 28.5 Å². The maximum absolute atomic E-state index is 5.76. The predicted octanol–water partition coefficient (Wildman–Crippen LogP) is 4.21. The van der Waals surface area contributed by atoms with Crippen LogP contribution in [-0.2, 0) is 0 Å². The number of benzene rings is 1. The maximum Gasteiger partial charge on any atom is 0.174 e. The third-order valence-electron chi connectivity index (χ3n) is 4.95. The fraction of sp³-hybridized carbons (Fsp3) is 0.238. The van der Waals surface area contributed by atoms with Crippen molar-refractivity contribution in [1.29, 1.82) is 0 Å². The zero-order valence-electron chi connectivity index (χ0n) is 15.6. The highest BCUT2D eigenvalue weighted by Crippen LogP contribution is 2.45. The van der Waals surface area contributed by atoms with Crippen LogP contribution >= 0.6 is 12.2 Å². The molecule has 2 aromatic heterocycles. The molecular formula is C21H22N4OS. The molecule has 1 fully saturated rings. The monoisotopic (exact) mass is 378 g/mol. The number of nitrogens with one attached hydrogen (secondary N) is 2. The third kappa shape index (κ3) is 3.06. The van der Waals surface area contributed by atoms with Gasteiger partial charge in [-0.15, -0.1) is 0 Å². The summed E-state index contributed by atoms with van der Waals surface area (Å²) in [7, 11) is 1.68. The van der Waals surface area contributed by atoms with Crippen molar-refractivity contribution in [2.75, 3.05) is 12.0 Å². The van der Waals surface area contributed by atoms with Crippen LogP contribution in [0.1, 0.15) is 34.7 Å². The topological polar surface area (TPSA) is 53.2 Å². The Labute approximate surface area is 164 Å². The number of methoxy groups -OCH3 is 1. The van der Waals surface area contributed by atoms with Crippen molar-refractivity contribution in [3.63, 3.8) is 0 Å². The van der Waals surface area contributed by atoms with Crippen LogP contribution in [-0.4, -0.2) is 22.2 Å². The van der Waals surface area contributed by atoms with Gasteiger partial charge in [-0.25, -0.2) is 0 Å². The number of rotatable bonds is 4. The van der Waals surface area contributed by atoms with Gasteiger partial charge in [0, 0.05) is 17.6 Å². The van der Waals surface area contributed by atoms with Gasteiger partial charge in [-0.1, -0.05) is 18.2 Å². The second-order valence-corrected chi connectivity index (χ2v) is 7.09. The van der Waals surface area contributed by atoms with Gasteiger partial charge >= 0.3 is 0 Å². The number of pyridine rings is 1. The van der Waals surface area contributed by atoms with Crippen LogP contribution in [0.3, 0.4) is 0 Å². The average Bonchev–Trinajstić information content (AvgIpc) is 3.20. The lowest BCUT2D eigenvalue weighted by atomic mass is 9.96. The Morgan fingerprint density at radius 3 is 2.56 bits per heavy atom. The highest BCUT2D eigenvalue weighted by atomic mass is 32.1. The molecule has 1 saturated heterocycles. The van der Waals surface area contributed by atoms with Crippen LogP contribution < -0.4 is 15.0 Å². The molecular weight excluding hydrogens is 356 g/mol. The van der Waals surface area contributed by atoms with Gasteiger partial charge in [-0.2, -0.15) is 0 Å². The van der Waals surface area contributed by atoms with Gasteiger partial charge < -0.3 is 19.9 Å². The molecule has 27 heavy (non-hydrogen) atoms. The molecule has 0 radical (unpaired) electrons. The number of ether oxygens (including phenoxy) is 1. The summed E-state index contributed by atoms with van der Waals surface area (Å²) >= 11 is 5.76. The first-order valence-electron chi connectivity index (χ1n) is 8.90. The second-order valence-electron chi connectivity index (χ2n) is 6.70. The van der Waals surface area contributed by atoms with E-state index in [4.69, 9.17) is 17.0 Å². The highest BCUT2D eigenvalue weighted by Gasteiger charge is 2.42. The minimum atomic E-state index is -0.0579. The number of hydrogen-bond acceptors (Lipinski definition) is 3. The summed E-state index contributed by atoms with van der Waals surface area (Å²) in [5, 5.41) is 4.15. The van der Waals surface area contributed by atoms with Gasteiger partial charge in [0.15, 0.2) is 5.11 Å². The van der Waals surface area contributed by atoms with Crippen LogP contribution in [0.25, 0.3) is 0 Å². The Bertz CT molecular complexity index is 969. The highest BCUT2D eigenvalue weighted by molar-refractivity contribution is 7.80. The first-order valence-corrected chi connectivity index (χ1v) is 9.30. The lowest BCUT2D eigenvalue weighted by Gasteiger charge is -2.29. The summed E-state index contributed by atoms with van der Waals surface area (Å²) < 4.78 is 5.61. The summed E-state index contributed by atoms with van der Waals surface area (Å²) in [5.74, 6) is 0.790. The van der Waals surface area contributed by atoms with E-state index < -0.39 is 0 Å². The summed E-state index contributed by atoms with van der Waals surface area (Å²) in [6.07, 6.45) is 1.82. The lowest BCUT2D eigenvalue weighted by Crippen LogP contribution is -2.29. The number of thiocarbonyl (C=S) groups is 1. The molecule has 4 rings (SSSR count). The number of H-pyrrole nitrogens is 1. The van der Waals surface area contributed by atoms with Gasteiger partial charge in [-0.3, -0.25) is 4.98 Å². The number of aromatic nitrogens is 2. The first-order chi connectivity index (χ1) is 13.1. The Morgan fingerprint density at radius 1 is 1.11 bits per heavy atom. The van der Waals surface area contributed by atoms with Gasteiger partial charge in [-0.05, 0) is 62.0 Å². The number of para-hydroxylation sites is 2. The van der Waals surface area contributed by atoms with E-state index in [2.05, 4.69) is 40.1 Å². The molecule has 1 aliphatic heterocycles. The normalized spacial score (nSPS) is 19.2. The van der Waals surface area contributed by atoms with Crippen LogP contribution in [0, 0.1) is 13.8 Å². The Morgan fingerprint density at radius 2 is 1.89 bits per heavy atom. The number of aromatic amines is 1. The SMILES string of the molecule is COc1ccccc1N1C(=S)N[C@H](c2ccccn2)[C@@H]1c1cc(C)[nH]c1C. The van der Waals surface area contributed by atoms with Gasteiger partial charge in [0.25, 0.3) is 0 Å².